The van der Waals surface area contributed by atoms with Gasteiger partial charge >= 0.3 is 0 Å². The largest absolute Gasteiger partial charge is 0.394 e. The van der Waals surface area contributed by atoms with Crippen molar-refractivity contribution in [1.29, 1.82) is 0 Å². The fraction of sp³-hybridized carbons (Fsp3) is 0.945. The van der Waals surface area contributed by atoms with Gasteiger partial charge in [0.25, 0.3) is 0 Å². The van der Waals surface area contributed by atoms with E-state index in [9.17, 15) is 81.4 Å². The molecule has 7 aliphatic heterocycles. The summed E-state index contributed by atoms with van der Waals surface area (Å²) < 4.78 is 72.5. The lowest BCUT2D eigenvalue weighted by atomic mass is 9.47. The van der Waals surface area contributed by atoms with E-state index in [1.54, 1.807) is 0 Å². The number of hydrogen-bond acceptors (Lipinski definition) is 28. The van der Waals surface area contributed by atoms with Crippen LogP contribution in [0.3, 0.4) is 0 Å². The van der Waals surface area contributed by atoms with Gasteiger partial charge in [-0.05, 0) is 73.7 Å². The number of ether oxygens (including phenoxy) is 12. The standard InChI is InChI=1S/C55H86O28/c1-19-7-8-55(74-16-19)20(2)34-29(83-55)10-24-22-6-5-21-9-28(25(59)12-53(21,3)23(22)11-33(62)54(24,34)4)75-50-42(70)39(67)44(32(15-58)78-50)79-52-47(46(38(66)31(14-57)77-52)81-49-41(69)36(64)27(61)18-73-49)82-51-43(71)45(37(65)30(13-56)76-51)80-48-40(68)35(63)26(60)17-72-48/h11,19-22,24-32,34-52,56-61,63-71H,5-10,12-18H2,1-4H3/t19-,20+,21+,22-,24+,25-,26-,27-,28-,29+,30-,31-,32-,34+,35+,36+,37-,38-,39-,40-,41-,42-,43-,44+,45+,46+,47-,48+,49+,50-,51+,52+,53+,54-,55-/m1/s1. The van der Waals surface area contributed by atoms with Gasteiger partial charge in [0, 0.05) is 23.7 Å². The molecule has 10 fully saturated rings. The lowest BCUT2D eigenvalue weighted by Crippen LogP contribution is -2.69. The number of aliphatic hydroxyl groups excluding tert-OH is 15. The van der Waals surface area contributed by atoms with Crippen LogP contribution in [0.5, 0.6) is 0 Å². The minimum absolute atomic E-state index is 0.00759. The molecular weight excluding hydrogens is 1110 g/mol. The van der Waals surface area contributed by atoms with Gasteiger partial charge in [0.15, 0.2) is 43.0 Å². The molecule has 11 aliphatic rings. The zero-order valence-corrected chi connectivity index (χ0v) is 46.8. The van der Waals surface area contributed by atoms with Crippen LogP contribution in [0.15, 0.2) is 11.6 Å². The number of rotatable bonds is 13. The summed E-state index contributed by atoms with van der Waals surface area (Å²) in [6.45, 7) is 5.17. The highest BCUT2D eigenvalue weighted by Gasteiger charge is 2.71. The van der Waals surface area contributed by atoms with Crippen LogP contribution < -0.4 is 0 Å². The number of hydrogen-bond donors (Lipinski definition) is 15. The van der Waals surface area contributed by atoms with Crippen LogP contribution in [0.25, 0.3) is 0 Å². The second-order valence-electron chi connectivity index (χ2n) is 25.8. The van der Waals surface area contributed by atoms with E-state index in [0.717, 1.165) is 37.7 Å². The van der Waals surface area contributed by atoms with Gasteiger partial charge in [-0.15, -0.1) is 0 Å². The Morgan fingerprint density at radius 1 is 0.554 bits per heavy atom. The third-order valence-electron chi connectivity index (χ3n) is 21.0. The Kier molecular flexibility index (Phi) is 18.4. The molecule has 28 heteroatoms. The lowest BCUT2D eigenvalue weighted by molar-refractivity contribution is -0.408. The molecule has 0 radical (unpaired) electrons. The van der Waals surface area contributed by atoms with Crippen molar-refractivity contribution in [1.82, 2.24) is 0 Å². The van der Waals surface area contributed by atoms with Crippen LogP contribution >= 0.6 is 0 Å². The summed E-state index contributed by atoms with van der Waals surface area (Å²) in [4.78, 5) is 14.7. The topological polar surface area (TPSA) is 431 Å². The van der Waals surface area contributed by atoms with Crippen molar-refractivity contribution in [3.63, 3.8) is 0 Å². The van der Waals surface area contributed by atoms with E-state index in [-0.39, 0.29) is 54.3 Å². The molecule has 28 nitrogen and oxygen atoms in total. The normalized spacial score (nSPS) is 56.4. The summed E-state index contributed by atoms with van der Waals surface area (Å²) in [7, 11) is 0. The van der Waals surface area contributed by atoms with E-state index in [1.807, 2.05) is 6.08 Å². The molecule has 0 unspecified atom stereocenters. The minimum atomic E-state index is -2.15. The van der Waals surface area contributed by atoms with Crippen molar-refractivity contribution in [2.45, 2.75) is 238 Å². The van der Waals surface area contributed by atoms with E-state index in [1.165, 1.54) is 0 Å². The van der Waals surface area contributed by atoms with Crippen LogP contribution in [0.4, 0.5) is 0 Å². The van der Waals surface area contributed by atoms with Crippen molar-refractivity contribution < 1.29 is 138 Å². The van der Waals surface area contributed by atoms with Crippen LogP contribution in [0.1, 0.15) is 72.6 Å². The SMILES string of the molecule is C[C@@H]1CC[C@@]2(OC1)O[C@H]1C[C@H]3[C@@H]4CC[C@H]5C[C@@H](O[C@@H]6O[C@H](CO)[C@H](O[C@@H]7O[C@H](CO)[C@@H](O)[C@H](O[C@@H]8OC[C@@H](O)[C@H](O)[C@H]8O)[C@H]7O[C@@H]7O[C@H](CO)[C@@H](O)[C@H](O[C@@H]8OC[C@@H](O)[C@H](O)[C@H]8O)[C@H]7O)[C@H](O)[C@H]6O)[C@H](O)C[C@]5(C)C4=CC(=O)[C@]3(C)[C@H]1[C@@H]2C. The van der Waals surface area contributed by atoms with Gasteiger partial charge in [-0.2, -0.15) is 0 Å². The molecule has 83 heavy (non-hydrogen) atoms. The Labute approximate surface area is 478 Å². The molecule has 4 aliphatic carbocycles. The predicted octanol–water partition coefficient (Wildman–Crippen LogP) is -5.74. The Morgan fingerprint density at radius 3 is 1.72 bits per heavy atom. The zero-order valence-electron chi connectivity index (χ0n) is 46.8. The maximum Gasteiger partial charge on any atom is 0.187 e. The van der Waals surface area contributed by atoms with Gasteiger partial charge in [-0.3, -0.25) is 4.79 Å². The summed E-state index contributed by atoms with van der Waals surface area (Å²) in [5, 5.41) is 165. The van der Waals surface area contributed by atoms with Crippen molar-refractivity contribution in [3.05, 3.63) is 11.6 Å². The van der Waals surface area contributed by atoms with Crippen LogP contribution in [-0.4, -0.2) is 287 Å². The van der Waals surface area contributed by atoms with Gasteiger partial charge in [-0.25, -0.2) is 0 Å². The lowest BCUT2D eigenvalue weighted by Gasteiger charge is -2.57. The summed E-state index contributed by atoms with van der Waals surface area (Å²) in [5.74, 6) is -0.132. The smallest absolute Gasteiger partial charge is 0.187 e. The fourth-order valence-corrected chi connectivity index (χ4v) is 16.2. The van der Waals surface area contributed by atoms with E-state index in [4.69, 9.17) is 56.8 Å². The average molecular weight is 1200 g/mol. The summed E-state index contributed by atoms with van der Waals surface area (Å²) in [5.41, 5.74) is -0.230. The molecule has 15 N–H and O–H groups in total. The second-order valence-corrected chi connectivity index (χ2v) is 25.8. The number of ketones is 1. The third kappa shape index (κ3) is 10.8. The Morgan fingerprint density at radius 2 is 1.11 bits per heavy atom. The molecule has 11 rings (SSSR count). The molecule has 0 aromatic rings. The Balaban J connectivity index is 0.804. The average Bonchev–Trinajstić information content (AvgIpc) is 1.62. The van der Waals surface area contributed by atoms with Gasteiger partial charge < -0.3 is 133 Å². The van der Waals surface area contributed by atoms with E-state index in [0.29, 0.717) is 12.5 Å². The number of aliphatic hydroxyl groups is 15. The molecule has 3 saturated carbocycles. The molecule has 7 saturated heterocycles. The van der Waals surface area contributed by atoms with Crippen LogP contribution in [0.2, 0.25) is 0 Å². The van der Waals surface area contributed by atoms with Crippen molar-refractivity contribution >= 4 is 5.78 Å². The first-order valence-corrected chi connectivity index (χ1v) is 29.4. The van der Waals surface area contributed by atoms with Crippen molar-refractivity contribution in [3.8, 4) is 0 Å². The summed E-state index contributed by atoms with van der Waals surface area (Å²) in [6.07, 6.45) is -38.6. The molecule has 474 valence electrons. The molecule has 0 amide bonds. The molecule has 1 spiro atoms. The molecular formula is C55H86O28. The Hall–Kier alpha value is -1.67. The highest BCUT2D eigenvalue weighted by molar-refractivity contribution is 5.97. The van der Waals surface area contributed by atoms with Crippen molar-refractivity contribution in [2.24, 2.45) is 46.3 Å². The van der Waals surface area contributed by atoms with Crippen LogP contribution in [-0.2, 0) is 61.6 Å². The molecule has 0 aromatic heterocycles. The molecule has 0 aromatic carbocycles. The highest BCUT2D eigenvalue weighted by atomic mass is 16.8. The van der Waals surface area contributed by atoms with Gasteiger partial charge in [0.1, 0.15) is 110 Å². The third-order valence-corrected chi connectivity index (χ3v) is 21.0. The van der Waals surface area contributed by atoms with E-state index < -0.39 is 203 Å². The molecule has 0 bridgehead atoms. The first-order chi connectivity index (χ1) is 39.4. The number of carbonyl (C=O) groups excluding carboxylic acids is 1. The van der Waals surface area contributed by atoms with E-state index in [2.05, 4.69) is 27.7 Å². The highest BCUT2D eigenvalue weighted by Crippen LogP contribution is 2.69. The van der Waals surface area contributed by atoms with Gasteiger partial charge in [-0.1, -0.05) is 33.3 Å². The Bertz CT molecular complexity index is 2280. The monoisotopic (exact) mass is 1190 g/mol. The molecule has 35 atom stereocenters. The minimum Gasteiger partial charge on any atom is -0.394 e. The van der Waals surface area contributed by atoms with Gasteiger partial charge in [0.05, 0.1) is 58.0 Å². The maximum absolute atomic E-state index is 14.7. The first-order valence-electron chi connectivity index (χ1n) is 29.4. The fourth-order valence-electron chi connectivity index (χ4n) is 16.2. The number of carbonyl (C=O) groups is 1. The molecule has 7 heterocycles. The zero-order chi connectivity index (χ0) is 59.5. The predicted molar refractivity (Wildman–Crippen MR) is 271 cm³/mol. The number of allylic oxidation sites excluding steroid dienone is 2. The summed E-state index contributed by atoms with van der Waals surface area (Å²) >= 11 is 0. The summed E-state index contributed by atoms with van der Waals surface area (Å²) in [6, 6.07) is 0. The number of fused-ring (bicyclic) bond motifs is 7. The van der Waals surface area contributed by atoms with E-state index >= 15 is 0 Å². The quantitative estimate of drug-likeness (QED) is 0.0764. The van der Waals surface area contributed by atoms with Crippen LogP contribution in [0, 0.1) is 46.3 Å². The van der Waals surface area contributed by atoms with Gasteiger partial charge in [0.2, 0.25) is 0 Å². The van der Waals surface area contributed by atoms with Crippen molar-refractivity contribution in [2.75, 3.05) is 39.6 Å². The maximum atomic E-state index is 14.7. The first kappa shape index (κ1) is 62.9. The second kappa shape index (κ2) is 24.3.